The zero-order valence-electron chi connectivity index (χ0n) is 35.4. The molecular formula is C45H73FN2O6S. The fourth-order valence-electron chi connectivity index (χ4n) is 15.5. The number of hydrogen-bond acceptors (Lipinski definition) is 7. The maximum Gasteiger partial charge on any atom is 0.309 e. The fraction of sp³-hybridized carbons (Fsp3) is 0.911. The second kappa shape index (κ2) is 14.1. The Kier molecular flexibility index (Phi) is 10.6. The largest absolute Gasteiger partial charge is 0.481 e. The number of carboxylic acids is 1. The Balaban J connectivity index is 1.07. The van der Waals surface area contributed by atoms with Crippen molar-refractivity contribution in [2.45, 2.75) is 150 Å². The van der Waals surface area contributed by atoms with E-state index in [0.717, 1.165) is 45.1 Å². The number of rotatable bonds is 10. The van der Waals surface area contributed by atoms with Crippen molar-refractivity contribution >= 4 is 21.8 Å². The van der Waals surface area contributed by atoms with Gasteiger partial charge in [-0.1, -0.05) is 60.6 Å². The van der Waals surface area contributed by atoms with Crippen molar-refractivity contribution in [3.8, 4) is 0 Å². The molecule has 0 amide bonds. The molecule has 8 nitrogen and oxygen atoms in total. The van der Waals surface area contributed by atoms with Crippen LogP contribution in [0.4, 0.5) is 4.39 Å². The average Bonchev–Trinajstić information content (AvgIpc) is 3.48. The van der Waals surface area contributed by atoms with Gasteiger partial charge in [-0.15, -0.1) is 0 Å². The highest BCUT2D eigenvalue weighted by atomic mass is 32.2. The first-order valence-electron chi connectivity index (χ1n) is 21.9. The van der Waals surface area contributed by atoms with Gasteiger partial charge in [-0.2, -0.15) is 0 Å². The van der Waals surface area contributed by atoms with Crippen molar-refractivity contribution in [2.75, 3.05) is 37.8 Å². The fourth-order valence-corrected chi connectivity index (χ4v) is 16.8. The van der Waals surface area contributed by atoms with Crippen molar-refractivity contribution in [1.82, 2.24) is 10.2 Å². The molecule has 13 atom stereocenters. The number of halogens is 1. The molecule has 0 spiro atoms. The molecule has 0 bridgehead atoms. The maximum atomic E-state index is 14.4. The normalized spacial score (nSPS) is 46.1. The third-order valence-electron chi connectivity index (χ3n) is 19.1. The van der Waals surface area contributed by atoms with Crippen molar-refractivity contribution in [2.24, 2.45) is 68.5 Å². The summed E-state index contributed by atoms with van der Waals surface area (Å²) in [4.78, 5) is 27.5. The standard InChI is InChI=1S/C45H73FN2O6S/c1-28(2)30-12-18-45(47-21-15-29(27-46)48-22-24-55(52,53)25-23-48)20-19-43(8)31(37(30)45)10-11-35-42(7)16-14-36(41(5,6)34(42)13-17-44(35,43)9)54-39(51)33-26-32(38(49)50)40(33,3)4/h29-37,47H,1,10-27H2,2-9H3,(H,49,50)/t29-,30+,31-,32+,33-,34+,35-,36+,37-,42+,43-,44-,45+/m1/s1. The molecule has 7 rings (SSSR count). The Bertz CT molecular complexity index is 1630. The number of hydrogen-bond donors (Lipinski definition) is 2. The van der Waals surface area contributed by atoms with E-state index in [1.165, 1.54) is 31.3 Å². The van der Waals surface area contributed by atoms with E-state index >= 15 is 0 Å². The molecule has 10 heteroatoms. The van der Waals surface area contributed by atoms with Gasteiger partial charge in [0.15, 0.2) is 9.84 Å². The van der Waals surface area contributed by atoms with Gasteiger partial charge in [-0.25, -0.2) is 12.8 Å². The van der Waals surface area contributed by atoms with Crippen LogP contribution in [0.15, 0.2) is 12.2 Å². The molecule has 0 radical (unpaired) electrons. The van der Waals surface area contributed by atoms with Gasteiger partial charge < -0.3 is 15.2 Å². The van der Waals surface area contributed by atoms with E-state index in [0.29, 0.717) is 55.5 Å². The quantitative estimate of drug-likeness (QED) is 0.169. The Morgan fingerprint density at radius 2 is 1.56 bits per heavy atom. The van der Waals surface area contributed by atoms with E-state index in [1.54, 1.807) is 0 Å². The number of carboxylic acid groups (broad SMARTS) is 1. The second-order valence-electron chi connectivity index (χ2n) is 21.8. The molecule has 7 fully saturated rings. The van der Waals surface area contributed by atoms with Crippen molar-refractivity contribution < 1.29 is 32.2 Å². The first kappa shape index (κ1) is 41.6. The average molecular weight is 789 g/mol. The molecule has 0 unspecified atom stereocenters. The van der Waals surface area contributed by atoms with Crippen LogP contribution in [-0.4, -0.2) is 85.9 Å². The number of aliphatic carboxylic acids is 1. The molecule has 1 saturated heterocycles. The number of allylic oxidation sites excluding steroid dienone is 1. The van der Waals surface area contributed by atoms with E-state index in [4.69, 9.17) is 4.74 Å². The minimum absolute atomic E-state index is 0.0214. The van der Waals surface area contributed by atoms with E-state index in [2.05, 4.69) is 58.3 Å². The number of nitrogens with one attached hydrogen (secondary N) is 1. The summed E-state index contributed by atoms with van der Waals surface area (Å²) in [7, 11) is -3.01. The topological polar surface area (TPSA) is 113 Å². The number of sulfone groups is 1. The predicted molar refractivity (Wildman–Crippen MR) is 215 cm³/mol. The molecule has 7 aliphatic rings. The third-order valence-corrected chi connectivity index (χ3v) is 20.8. The molecule has 2 N–H and O–H groups in total. The van der Waals surface area contributed by atoms with Gasteiger partial charge in [-0.05, 0) is 142 Å². The Morgan fingerprint density at radius 1 is 0.873 bits per heavy atom. The third kappa shape index (κ3) is 6.41. The van der Waals surface area contributed by atoms with Gasteiger partial charge in [-0.3, -0.25) is 14.5 Å². The SMILES string of the molecule is C=C(C)[C@@H]1CC[C@]2(NCC[C@H](CF)N3CCS(=O)(=O)CC3)CC[C@]3(C)[C@H](CC[C@@H]4[C@@]5(C)CC[C@H](OC(=O)[C@H]6C[C@@H](C(=O)O)C6(C)C)C(C)(C)[C@@H]5CC[C@]43C)[C@@H]12. The molecular weight excluding hydrogens is 716 g/mol. The lowest BCUT2D eigenvalue weighted by Gasteiger charge is -2.73. The van der Waals surface area contributed by atoms with Crippen LogP contribution < -0.4 is 5.32 Å². The molecule has 55 heavy (non-hydrogen) atoms. The smallest absolute Gasteiger partial charge is 0.309 e. The second-order valence-corrected chi connectivity index (χ2v) is 24.1. The van der Waals surface area contributed by atoms with E-state index in [-0.39, 0.29) is 62.7 Å². The van der Waals surface area contributed by atoms with Gasteiger partial charge in [0.25, 0.3) is 0 Å². The summed E-state index contributed by atoms with van der Waals surface area (Å²) in [6.07, 6.45) is 12.1. The Hall–Kier alpha value is -1.52. The highest BCUT2D eigenvalue weighted by Gasteiger charge is 2.71. The minimum Gasteiger partial charge on any atom is -0.481 e. The number of carbonyl (C=O) groups is 2. The lowest BCUT2D eigenvalue weighted by Crippen LogP contribution is -2.69. The molecule has 0 aromatic heterocycles. The molecule has 1 aliphatic heterocycles. The van der Waals surface area contributed by atoms with Crippen LogP contribution in [0.2, 0.25) is 0 Å². The van der Waals surface area contributed by atoms with Crippen LogP contribution in [0.5, 0.6) is 0 Å². The summed E-state index contributed by atoms with van der Waals surface area (Å²) in [6, 6.07) is -0.243. The van der Waals surface area contributed by atoms with Crippen molar-refractivity contribution in [1.29, 1.82) is 0 Å². The number of fused-ring (bicyclic) bond motifs is 7. The summed E-state index contributed by atoms with van der Waals surface area (Å²) in [5.41, 5.74) is 1.06. The molecule has 312 valence electrons. The summed E-state index contributed by atoms with van der Waals surface area (Å²) >= 11 is 0. The van der Waals surface area contributed by atoms with Gasteiger partial charge in [0, 0.05) is 30.1 Å². The van der Waals surface area contributed by atoms with Crippen LogP contribution in [0.25, 0.3) is 0 Å². The number of esters is 1. The van der Waals surface area contributed by atoms with E-state index in [1.807, 2.05) is 13.8 Å². The lowest BCUT2D eigenvalue weighted by molar-refractivity contribution is -0.248. The van der Waals surface area contributed by atoms with Crippen LogP contribution in [-0.2, 0) is 24.2 Å². The monoisotopic (exact) mass is 789 g/mol. The summed E-state index contributed by atoms with van der Waals surface area (Å²) in [6.45, 7) is 24.3. The van der Waals surface area contributed by atoms with E-state index < -0.39 is 33.8 Å². The first-order chi connectivity index (χ1) is 25.6. The van der Waals surface area contributed by atoms with Gasteiger partial charge >= 0.3 is 11.9 Å². The van der Waals surface area contributed by atoms with Crippen molar-refractivity contribution in [3.05, 3.63) is 12.2 Å². The molecule has 1 heterocycles. The highest BCUT2D eigenvalue weighted by molar-refractivity contribution is 7.91. The van der Waals surface area contributed by atoms with Crippen molar-refractivity contribution in [3.63, 3.8) is 0 Å². The van der Waals surface area contributed by atoms with Crippen LogP contribution >= 0.6 is 0 Å². The molecule has 6 aliphatic carbocycles. The Labute approximate surface area is 331 Å². The Morgan fingerprint density at radius 3 is 2.18 bits per heavy atom. The summed E-state index contributed by atoms with van der Waals surface area (Å²) in [5.74, 6) is 0.940. The number of alkyl halides is 1. The number of ether oxygens (including phenoxy) is 1. The lowest BCUT2D eigenvalue weighted by atomic mass is 9.32. The summed E-state index contributed by atoms with van der Waals surface area (Å²) in [5, 5.41) is 13.8. The predicted octanol–water partition coefficient (Wildman–Crippen LogP) is 8.10. The van der Waals surface area contributed by atoms with Crippen LogP contribution in [0.3, 0.4) is 0 Å². The molecule has 0 aromatic carbocycles. The molecule has 0 aromatic rings. The van der Waals surface area contributed by atoms with E-state index in [9.17, 15) is 27.5 Å². The maximum absolute atomic E-state index is 14.4. The number of carbonyl (C=O) groups excluding carboxylic acids is 1. The highest BCUT2D eigenvalue weighted by Crippen LogP contribution is 2.76. The minimum atomic E-state index is -3.01. The van der Waals surface area contributed by atoms with Gasteiger partial charge in [0.05, 0.1) is 23.3 Å². The van der Waals surface area contributed by atoms with Crippen LogP contribution in [0.1, 0.15) is 132 Å². The zero-order valence-corrected chi connectivity index (χ0v) is 36.2. The summed E-state index contributed by atoms with van der Waals surface area (Å²) < 4.78 is 45.0. The molecule has 6 saturated carbocycles. The van der Waals surface area contributed by atoms with Gasteiger partial charge in [0.1, 0.15) is 12.8 Å². The van der Waals surface area contributed by atoms with Crippen LogP contribution in [0, 0.1) is 68.5 Å². The number of nitrogens with zero attached hydrogens (tertiary/aromatic N) is 1. The zero-order chi connectivity index (χ0) is 40.1. The van der Waals surface area contributed by atoms with Gasteiger partial charge in [0.2, 0.25) is 0 Å². The first-order valence-corrected chi connectivity index (χ1v) is 23.7.